The number of nitrogens with zero attached hydrogens (tertiary/aromatic N) is 1. The highest BCUT2D eigenvalue weighted by Gasteiger charge is 2.20. The van der Waals surface area contributed by atoms with Crippen molar-refractivity contribution in [3.8, 4) is 0 Å². The van der Waals surface area contributed by atoms with Crippen molar-refractivity contribution in [2.75, 3.05) is 31.9 Å². The highest BCUT2D eigenvalue weighted by Crippen LogP contribution is 2.12. The van der Waals surface area contributed by atoms with Crippen LogP contribution in [0.5, 0.6) is 0 Å². The average Bonchev–Trinajstić information content (AvgIpc) is 2.19. The summed E-state index contributed by atoms with van der Waals surface area (Å²) in [5.41, 5.74) is 1.34. The Morgan fingerprint density at radius 1 is 1.00 bits per heavy atom. The van der Waals surface area contributed by atoms with E-state index in [1.54, 1.807) is 0 Å². The van der Waals surface area contributed by atoms with E-state index in [0.717, 1.165) is 24.1 Å². The maximum atomic E-state index is 5.83. The van der Waals surface area contributed by atoms with Gasteiger partial charge in [0.1, 0.15) is 6.54 Å². The summed E-state index contributed by atoms with van der Waals surface area (Å²) in [6, 6.07) is 10.5. The molecule has 0 unspecified atom stereocenters. The predicted molar refractivity (Wildman–Crippen MR) is 67.5 cm³/mol. The topological polar surface area (TPSA) is 0 Å². The van der Waals surface area contributed by atoms with E-state index in [-0.39, 0.29) is 17.0 Å². The first-order valence-electron chi connectivity index (χ1n) is 5.19. The Bertz CT molecular complexity index is 274. The lowest BCUT2D eigenvalue weighted by Crippen LogP contribution is -3.00. The van der Waals surface area contributed by atoms with Gasteiger partial charge in [0, 0.05) is 5.56 Å². The van der Waals surface area contributed by atoms with Gasteiger partial charge in [0.25, 0.3) is 0 Å². The molecule has 0 aliphatic rings. The summed E-state index contributed by atoms with van der Waals surface area (Å²) < 4.78 is 0.914. The molecule has 1 nitrogen and oxygen atoms in total. The molecule has 0 atom stereocenters. The summed E-state index contributed by atoms with van der Waals surface area (Å²) in [4.78, 5) is 0. The van der Waals surface area contributed by atoms with Crippen molar-refractivity contribution in [1.82, 2.24) is 0 Å². The van der Waals surface area contributed by atoms with Crippen LogP contribution in [0.2, 0.25) is 0 Å². The quantitative estimate of drug-likeness (QED) is 0.514. The van der Waals surface area contributed by atoms with Gasteiger partial charge < -0.3 is 21.5 Å². The molecule has 0 radical (unpaired) electrons. The molecule has 0 heterocycles. The molecule has 1 aromatic carbocycles. The van der Waals surface area contributed by atoms with Crippen molar-refractivity contribution in [1.29, 1.82) is 0 Å². The van der Waals surface area contributed by atoms with E-state index in [2.05, 4.69) is 31.3 Å². The van der Waals surface area contributed by atoms with Crippen molar-refractivity contribution >= 4 is 23.2 Å². The van der Waals surface area contributed by atoms with Gasteiger partial charge in [-0.3, -0.25) is 0 Å². The van der Waals surface area contributed by atoms with Crippen molar-refractivity contribution in [3.05, 3.63) is 35.9 Å². The second-order valence-electron chi connectivity index (χ2n) is 4.09. The zero-order valence-electron chi connectivity index (χ0n) is 9.50. The lowest BCUT2D eigenvalue weighted by molar-refractivity contribution is -0.918. The lowest BCUT2D eigenvalue weighted by atomic mass is 10.2. The van der Waals surface area contributed by atoms with E-state index in [9.17, 15) is 0 Å². The fourth-order valence-electron chi connectivity index (χ4n) is 1.70. The summed E-state index contributed by atoms with van der Waals surface area (Å²) in [5.74, 6) is 1.36. The van der Waals surface area contributed by atoms with Crippen LogP contribution in [0, 0.1) is 0 Å². The summed E-state index contributed by atoms with van der Waals surface area (Å²) in [6.07, 6.45) is 0. The van der Waals surface area contributed by atoms with Crippen LogP contribution in [-0.4, -0.2) is 36.4 Å². The third-order valence-electron chi connectivity index (χ3n) is 2.66. The summed E-state index contributed by atoms with van der Waals surface area (Å²) in [6.45, 7) is 2.92. The number of hydrogen-bond donors (Lipinski definition) is 0. The molecule has 0 amide bonds. The Labute approximate surface area is 119 Å². The Morgan fingerprint density at radius 3 is 1.94 bits per heavy atom. The molecule has 0 fully saturated rings. The Hall–Kier alpha value is 0.240. The van der Waals surface area contributed by atoms with Gasteiger partial charge in [0.05, 0.1) is 31.9 Å². The van der Waals surface area contributed by atoms with Gasteiger partial charge in [0.2, 0.25) is 0 Å². The minimum Gasteiger partial charge on any atom is -1.00 e. The van der Waals surface area contributed by atoms with Crippen molar-refractivity contribution in [3.63, 3.8) is 0 Å². The average molecular weight is 327 g/mol. The molecular formula is C12H18BrCl2N. The Balaban J connectivity index is 0.00000225. The van der Waals surface area contributed by atoms with Gasteiger partial charge in [-0.15, -0.1) is 23.2 Å². The fraction of sp³-hybridized carbons (Fsp3) is 0.500. The molecule has 1 rings (SSSR count). The Morgan fingerprint density at radius 2 is 1.50 bits per heavy atom. The van der Waals surface area contributed by atoms with Crippen LogP contribution < -0.4 is 17.0 Å². The monoisotopic (exact) mass is 325 g/mol. The van der Waals surface area contributed by atoms with Crippen LogP contribution in [0.15, 0.2) is 30.3 Å². The molecule has 0 saturated carbocycles. The van der Waals surface area contributed by atoms with Gasteiger partial charge >= 0.3 is 0 Å². The maximum Gasteiger partial charge on any atom is 0.104 e. The minimum atomic E-state index is 0. The van der Waals surface area contributed by atoms with Crippen LogP contribution in [0.3, 0.4) is 0 Å². The number of halogens is 3. The normalized spacial score (nSPS) is 10.9. The van der Waals surface area contributed by atoms with Crippen LogP contribution in [0.1, 0.15) is 5.56 Å². The molecule has 0 bridgehead atoms. The van der Waals surface area contributed by atoms with Crippen molar-refractivity contribution < 1.29 is 21.5 Å². The highest BCUT2D eigenvalue weighted by molar-refractivity contribution is 6.18. The number of alkyl halides is 2. The van der Waals surface area contributed by atoms with Crippen LogP contribution >= 0.6 is 23.2 Å². The van der Waals surface area contributed by atoms with Crippen LogP contribution in [-0.2, 0) is 6.54 Å². The van der Waals surface area contributed by atoms with Gasteiger partial charge in [-0.2, -0.15) is 0 Å². The first-order valence-corrected chi connectivity index (χ1v) is 6.26. The number of rotatable bonds is 6. The van der Waals surface area contributed by atoms with E-state index >= 15 is 0 Å². The first kappa shape index (κ1) is 16.2. The van der Waals surface area contributed by atoms with Gasteiger partial charge in [-0.1, -0.05) is 30.3 Å². The van der Waals surface area contributed by atoms with Crippen LogP contribution in [0.4, 0.5) is 0 Å². The molecule has 0 aliphatic carbocycles. The maximum absolute atomic E-state index is 5.83. The smallest absolute Gasteiger partial charge is 0.104 e. The fourth-order valence-corrected chi connectivity index (χ4v) is 2.52. The van der Waals surface area contributed by atoms with E-state index in [1.807, 2.05) is 6.07 Å². The van der Waals surface area contributed by atoms with E-state index in [4.69, 9.17) is 23.2 Å². The predicted octanol–water partition coefficient (Wildman–Crippen LogP) is 0.115. The summed E-state index contributed by atoms with van der Waals surface area (Å²) in [7, 11) is 2.21. The standard InChI is InChI=1S/C12H18Cl2N.BrH/c1-15(9-7-13,10-8-14)11-12-5-3-2-4-6-12;/h2-6H,7-11H2,1H3;1H/q+1;/p-1. The number of hydrogen-bond acceptors (Lipinski definition) is 0. The molecule has 1 aromatic rings. The van der Waals surface area contributed by atoms with Gasteiger partial charge in [-0.05, 0) is 0 Å². The van der Waals surface area contributed by atoms with Crippen molar-refractivity contribution in [2.45, 2.75) is 6.54 Å². The third-order valence-corrected chi connectivity index (χ3v) is 2.99. The summed E-state index contributed by atoms with van der Waals surface area (Å²) >= 11 is 11.7. The molecule has 0 aliphatic heterocycles. The zero-order valence-corrected chi connectivity index (χ0v) is 12.6. The minimum absolute atomic E-state index is 0. The van der Waals surface area contributed by atoms with Crippen LogP contribution in [0.25, 0.3) is 0 Å². The molecule has 0 N–H and O–H groups in total. The molecule has 4 heteroatoms. The molecule has 16 heavy (non-hydrogen) atoms. The molecule has 0 aromatic heterocycles. The second-order valence-corrected chi connectivity index (χ2v) is 4.84. The number of quaternary nitrogens is 1. The van der Waals surface area contributed by atoms with Gasteiger partial charge in [-0.25, -0.2) is 0 Å². The van der Waals surface area contributed by atoms with E-state index < -0.39 is 0 Å². The SMILES string of the molecule is C[N+](CCCl)(CCCl)Cc1ccccc1.[Br-]. The lowest BCUT2D eigenvalue weighted by Gasteiger charge is -2.33. The van der Waals surface area contributed by atoms with E-state index in [1.165, 1.54) is 5.56 Å². The van der Waals surface area contributed by atoms with E-state index in [0.29, 0.717) is 11.8 Å². The van der Waals surface area contributed by atoms with Crippen molar-refractivity contribution in [2.24, 2.45) is 0 Å². The Kier molecular flexibility index (Phi) is 8.47. The zero-order chi connectivity index (χ0) is 11.1. The molecule has 0 spiro atoms. The second kappa shape index (κ2) is 8.35. The van der Waals surface area contributed by atoms with Gasteiger partial charge in [0.15, 0.2) is 0 Å². The largest absolute Gasteiger partial charge is 1.00 e. The number of benzene rings is 1. The molecular weight excluding hydrogens is 309 g/mol. The highest BCUT2D eigenvalue weighted by atomic mass is 79.9. The first-order chi connectivity index (χ1) is 7.20. The third kappa shape index (κ3) is 5.53. The summed E-state index contributed by atoms with van der Waals surface area (Å²) in [5, 5.41) is 0. The molecule has 92 valence electrons. The molecule has 0 saturated heterocycles.